The summed E-state index contributed by atoms with van der Waals surface area (Å²) in [6.45, 7) is 5.84. The second-order valence-electron chi connectivity index (χ2n) is 7.63. The predicted octanol–water partition coefficient (Wildman–Crippen LogP) is 4.39. The molecule has 31 heavy (non-hydrogen) atoms. The summed E-state index contributed by atoms with van der Waals surface area (Å²) in [5.74, 6) is -0.386. The number of sulfonamides is 1. The Balaban J connectivity index is 1.91. The Kier molecular flexibility index (Phi) is 7.25. The summed E-state index contributed by atoms with van der Waals surface area (Å²) in [6.07, 6.45) is 1.00. The Hall–Kier alpha value is -2.96. The lowest BCUT2D eigenvalue weighted by Crippen LogP contribution is -2.45. The molecule has 0 spiro atoms. The summed E-state index contributed by atoms with van der Waals surface area (Å²) >= 11 is 0. The average Bonchev–Trinajstić information content (AvgIpc) is 2.75. The fourth-order valence-electron chi connectivity index (χ4n) is 3.42. The van der Waals surface area contributed by atoms with Gasteiger partial charge in [-0.2, -0.15) is 4.72 Å². The molecule has 0 aliphatic rings. The van der Waals surface area contributed by atoms with Crippen LogP contribution in [0.15, 0.2) is 77.7 Å². The van der Waals surface area contributed by atoms with E-state index in [4.69, 9.17) is 0 Å². The van der Waals surface area contributed by atoms with E-state index in [0.717, 1.165) is 34.4 Å². The SMILES string of the molecule is CCc1cccc(C)c1NC(=O)[C@@H](Cc1ccccc1)NS(=O)(=O)c1ccc(C)cc1. The molecule has 162 valence electrons. The monoisotopic (exact) mass is 436 g/mol. The smallest absolute Gasteiger partial charge is 0.242 e. The molecule has 6 heteroatoms. The van der Waals surface area contributed by atoms with Gasteiger partial charge >= 0.3 is 0 Å². The zero-order chi connectivity index (χ0) is 22.4. The maximum absolute atomic E-state index is 13.3. The summed E-state index contributed by atoms with van der Waals surface area (Å²) in [5, 5.41) is 2.97. The molecule has 0 saturated heterocycles. The molecule has 3 aromatic rings. The molecule has 0 fully saturated rings. The van der Waals surface area contributed by atoms with Crippen LogP contribution in [0.3, 0.4) is 0 Å². The van der Waals surface area contributed by atoms with Gasteiger partial charge in [-0.3, -0.25) is 4.79 Å². The highest BCUT2D eigenvalue weighted by molar-refractivity contribution is 7.89. The number of rotatable bonds is 8. The number of aryl methyl sites for hydroxylation is 3. The van der Waals surface area contributed by atoms with E-state index in [0.29, 0.717) is 0 Å². The van der Waals surface area contributed by atoms with Gasteiger partial charge in [0.15, 0.2) is 0 Å². The summed E-state index contributed by atoms with van der Waals surface area (Å²) in [5.41, 5.74) is 4.52. The maximum atomic E-state index is 13.3. The van der Waals surface area contributed by atoms with Crippen LogP contribution in [0.5, 0.6) is 0 Å². The third-order valence-electron chi connectivity index (χ3n) is 5.22. The van der Waals surface area contributed by atoms with Crippen molar-refractivity contribution in [2.45, 2.75) is 44.6 Å². The highest BCUT2D eigenvalue weighted by atomic mass is 32.2. The molecule has 0 aliphatic heterocycles. The van der Waals surface area contributed by atoms with Gasteiger partial charge in [0.05, 0.1) is 4.90 Å². The van der Waals surface area contributed by atoms with Crippen molar-refractivity contribution in [2.24, 2.45) is 0 Å². The van der Waals surface area contributed by atoms with Gasteiger partial charge in [0.1, 0.15) is 6.04 Å². The molecular formula is C25H28N2O3S. The lowest BCUT2D eigenvalue weighted by molar-refractivity contribution is -0.117. The molecule has 2 N–H and O–H groups in total. The van der Waals surface area contributed by atoms with Crippen LogP contribution in [0.1, 0.15) is 29.2 Å². The number of hydrogen-bond acceptors (Lipinski definition) is 3. The number of amides is 1. The van der Waals surface area contributed by atoms with Crippen LogP contribution >= 0.6 is 0 Å². The molecule has 1 atom stereocenters. The van der Waals surface area contributed by atoms with Crippen molar-refractivity contribution in [2.75, 3.05) is 5.32 Å². The van der Waals surface area contributed by atoms with Crippen LogP contribution in [0.2, 0.25) is 0 Å². The van der Waals surface area contributed by atoms with Gasteiger partial charge < -0.3 is 5.32 Å². The third kappa shape index (κ3) is 5.81. The second-order valence-corrected chi connectivity index (χ2v) is 9.34. The lowest BCUT2D eigenvalue weighted by Gasteiger charge is -2.21. The molecule has 3 rings (SSSR count). The van der Waals surface area contributed by atoms with E-state index in [1.54, 1.807) is 24.3 Å². The lowest BCUT2D eigenvalue weighted by atomic mass is 10.0. The van der Waals surface area contributed by atoms with Crippen LogP contribution in [-0.4, -0.2) is 20.4 Å². The van der Waals surface area contributed by atoms with Crippen molar-refractivity contribution in [1.29, 1.82) is 0 Å². The summed E-state index contributed by atoms with van der Waals surface area (Å²) in [4.78, 5) is 13.4. The zero-order valence-corrected chi connectivity index (χ0v) is 18.9. The molecule has 0 saturated carbocycles. The molecule has 3 aromatic carbocycles. The van der Waals surface area contributed by atoms with Gasteiger partial charge in [-0.05, 0) is 55.5 Å². The predicted molar refractivity (Wildman–Crippen MR) is 125 cm³/mol. The number of carbonyl (C=O) groups excluding carboxylic acids is 1. The van der Waals surface area contributed by atoms with E-state index in [-0.39, 0.29) is 17.2 Å². The quantitative estimate of drug-likeness (QED) is 0.550. The van der Waals surface area contributed by atoms with Gasteiger partial charge in [0.25, 0.3) is 0 Å². The molecule has 0 heterocycles. The van der Waals surface area contributed by atoms with Crippen LogP contribution in [0.25, 0.3) is 0 Å². The first kappa shape index (κ1) is 22.7. The van der Waals surface area contributed by atoms with Crippen LogP contribution in [-0.2, 0) is 27.7 Å². The van der Waals surface area contributed by atoms with Gasteiger partial charge in [-0.15, -0.1) is 0 Å². The van der Waals surface area contributed by atoms with Crippen LogP contribution in [0, 0.1) is 13.8 Å². The molecule has 0 radical (unpaired) electrons. The first-order chi connectivity index (χ1) is 14.8. The third-order valence-corrected chi connectivity index (χ3v) is 6.70. The van der Waals surface area contributed by atoms with E-state index in [1.807, 2.05) is 69.3 Å². The van der Waals surface area contributed by atoms with Gasteiger partial charge in [0.2, 0.25) is 15.9 Å². The summed E-state index contributed by atoms with van der Waals surface area (Å²) < 4.78 is 28.6. The number of nitrogens with one attached hydrogen (secondary N) is 2. The normalized spacial score (nSPS) is 12.4. The minimum atomic E-state index is -3.87. The van der Waals surface area contributed by atoms with E-state index in [1.165, 1.54) is 0 Å². The maximum Gasteiger partial charge on any atom is 0.242 e. The fraction of sp³-hybridized carbons (Fsp3) is 0.240. The summed E-state index contributed by atoms with van der Waals surface area (Å²) in [7, 11) is -3.87. The van der Waals surface area contributed by atoms with Gasteiger partial charge in [0, 0.05) is 5.69 Å². The Labute approximate surface area is 184 Å². The number of anilines is 1. The molecule has 0 unspecified atom stereocenters. The number of hydrogen-bond donors (Lipinski definition) is 2. The standard InChI is InChI=1S/C25H28N2O3S/c1-4-21-12-8-9-19(3)24(21)26-25(28)23(17-20-10-6-5-7-11-20)27-31(29,30)22-15-13-18(2)14-16-22/h5-16,23,27H,4,17H2,1-3H3,(H,26,28)/t23-/m1/s1. The Bertz CT molecular complexity index is 1140. The summed E-state index contributed by atoms with van der Waals surface area (Å²) in [6, 6.07) is 20.8. The largest absolute Gasteiger partial charge is 0.324 e. The highest BCUT2D eigenvalue weighted by Gasteiger charge is 2.27. The Morgan fingerprint density at radius 1 is 0.903 bits per heavy atom. The minimum absolute atomic E-state index is 0.133. The topological polar surface area (TPSA) is 75.3 Å². The first-order valence-corrected chi connectivity index (χ1v) is 11.8. The molecule has 0 aromatic heterocycles. The van der Waals surface area contributed by atoms with Crippen molar-refractivity contribution >= 4 is 21.6 Å². The molecular weight excluding hydrogens is 408 g/mol. The number of para-hydroxylation sites is 1. The molecule has 5 nitrogen and oxygen atoms in total. The van der Waals surface area contributed by atoms with E-state index >= 15 is 0 Å². The number of benzene rings is 3. The van der Waals surface area contributed by atoms with Crippen molar-refractivity contribution in [1.82, 2.24) is 4.72 Å². The van der Waals surface area contributed by atoms with Crippen molar-refractivity contribution in [3.8, 4) is 0 Å². The van der Waals surface area contributed by atoms with Crippen LogP contribution in [0.4, 0.5) is 5.69 Å². The van der Waals surface area contributed by atoms with Gasteiger partial charge in [-0.1, -0.05) is 73.2 Å². The van der Waals surface area contributed by atoms with Crippen molar-refractivity contribution < 1.29 is 13.2 Å². The molecule has 0 bridgehead atoms. The van der Waals surface area contributed by atoms with E-state index in [9.17, 15) is 13.2 Å². The van der Waals surface area contributed by atoms with Gasteiger partial charge in [-0.25, -0.2) is 8.42 Å². The first-order valence-electron chi connectivity index (χ1n) is 10.3. The minimum Gasteiger partial charge on any atom is -0.324 e. The van der Waals surface area contributed by atoms with E-state index in [2.05, 4.69) is 10.0 Å². The molecule has 0 aliphatic carbocycles. The highest BCUT2D eigenvalue weighted by Crippen LogP contribution is 2.22. The van der Waals surface area contributed by atoms with Crippen molar-refractivity contribution in [3.05, 3.63) is 95.1 Å². The van der Waals surface area contributed by atoms with Crippen molar-refractivity contribution in [3.63, 3.8) is 0 Å². The second kappa shape index (κ2) is 9.90. The Morgan fingerprint density at radius 2 is 1.58 bits per heavy atom. The average molecular weight is 437 g/mol. The Morgan fingerprint density at radius 3 is 2.23 bits per heavy atom. The zero-order valence-electron chi connectivity index (χ0n) is 18.1. The fourth-order valence-corrected chi connectivity index (χ4v) is 4.62. The van der Waals surface area contributed by atoms with E-state index < -0.39 is 16.1 Å². The number of carbonyl (C=O) groups is 1. The molecule has 1 amide bonds. The van der Waals surface area contributed by atoms with Crippen LogP contribution < -0.4 is 10.0 Å².